The summed E-state index contributed by atoms with van der Waals surface area (Å²) in [4.78, 5) is 31.9. The number of nitrogens with one attached hydrogen (secondary N) is 1. The van der Waals surface area contributed by atoms with Crippen molar-refractivity contribution in [3.63, 3.8) is 0 Å². The van der Waals surface area contributed by atoms with Crippen LogP contribution in [0.1, 0.15) is 31.7 Å². The maximum absolute atomic E-state index is 14.4. The maximum atomic E-state index is 14.4. The third kappa shape index (κ3) is 3.99. The molecule has 2 atom stereocenters. The van der Waals surface area contributed by atoms with Crippen molar-refractivity contribution in [1.82, 2.24) is 9.66 Å². The molecular formula is C22H21ClF2N4O2. The van der Waals surface area contributed by atoms with Gasteiger partial charge in [0.2, 0.25) is 11.9 Å². The first-order valence-corrected chi connectivity index (χ1v) is 10.3. The Kier molecular flexibility index (Phi) is 5.43. The van der Waals surface area contributed by atoms with E-state index in [1.54, 1.807) is 24.1 Å². The summed E-state index contributed by atoms with van der Waals surface area (Å²) < 4.78 is 29.0. The second kappa shape index (κ2) is 7.92. The molecule has 1 aliphatic carbocycles. The number of carbonyl (C=O) groups is 1. The number of fused-ring (bicyclic) bond motifs is 1. The molecule has 1 aliphatic rings. The molecule has 162 valence electrons. The minimum absolute atomic E-state index is 0.0125. The molecule has 1 fully saturated rings. The Bertz CT molecular complexity index is 1230. The van der Waals surface area contributed by atoms with E-state index in [9.17, 15) is 18.4 Å². The maximum Gasteiger partial charge on any atom is 0.284 e. The molecule has 1 amide bonds. The molecule has 0 spiro atoms. The van der Waals surface area contributed by atoms with E-state index < -0.39 is 17.2 Å². The van der Waals surface area contributed by atoms with Crippen molar-refractivity contribution in [2.45, 2.75) is 32.2 Å². The molecule has 1 aromatic heterocycles. The predicted octanol–water partition coefficient (Wildman–Crippen LogP) is 4.05. The largest absolute Gasteiger partial charge is 0.341 e. The molecule has 0 bridgehead atoms. The standard InChI is InChI=1S/C22H21ClF2N4O2/c1-11(2)28(3)22-26-18-9-14(24)8-17(25)19(18)21(31)29(22)27-20(30)16-10-15(16)12-4-6-13(23)7-5-12/h4-9,11,15-16H,10H2,1-3H3,(H,27,30)/t15-,16-/m1/s1. The Morgan fingerprint density at radius 3 is 2.58 bits per heavy atom. The van der Waals surface area contributed by atoms with Gasteiger partial charge in [-0.05, 0) is 43.9 Å². The van der Waals surface area contributed by atoms with Gasteiger partial charge in [0, 0.05) is 36.2 Å². The number of hydrogen-bond donors (Lipinski definition) is 1. The summed E-state index contributed by atoms with van der Waals surface area (Å²) in [5, 5.41) is 0.228. The number of nitrogens with zero attached hydrogens (tertiary/aromatic N) is 3. The van der Waals surface area contributed by atoms with Gasteiger partial charge in [0.1, 0.15) is 17.0 Å². The van der Waals surface area contributed by atoms with Gasteiger partial charge in [-0.25, -0.2) is 13.8 Å². The Morgan fingerprint density at radius 1 is 1.26 bits per heavy atom. The third-order valence-electron chi connectivity index (χ3n) is 5.61. The van der Waals surface area contributed by atoms with Gasteiger partial charge in [-0.3, -0.25) is 15.0 Å². The van der Waals surface area contributed by atoms with Crippen LogP contribution in [-0.2, 0) is 4.79 Å². The SMILES string of the molecule is CC(C)N(C)c1nc2cc(F)cc(F)c2c(=O)n1NC(=O)[C@@H]1C[C@@H]1c1ccc(Cl)cc1. The van der Waals surface area contributed by atoms with Gasteiger partial charge in [-0.2, -0.15) is 4.68 Å². The van der Waals surface area contributed by atoms with Crippen LogP contribution >= 0.6 is 11.6 Å². The van der Waals surface area contributed by atoms with E-state index in [1.165, 1.54) is 0 Å². The molecule has 0 saturated heterocycles. The summed E-state index contributed by atoms with van der Waals surface area (Å²) in [5.41, 5.74) is 2.66. The van der Waals surface area contributed by atoms with Gasteiger partial charge in [0.05, 0.1) is 5.52 Å². The van der Waals surface area contributed by atoms with E-state index in [1.807, 2.05) is 26.0 Å². The number of anilines is 1. The predicted molar refractivity (Wildman–Crippen MR) is 116 cm³/mol. The Balaban J connectivity index is 1.71. The lowest BCUT2D eigenvalue weighted by molar-refractivity contribution is -0.118. The van der Waals surface area contributed by atoms with Gasteiger partial charge < -0.3 is 4.90 Å². The Labute approximate surface area is 182 Å². The highest BCUT2D eigenvalue weighted by Crippen LogP contribution is 2.47. The Morgan fingerprint density at radius 2 is 1.94 bits per heavy atom. The van der Waals surface area contributed by atoms with Crippen LogP contribution in [0, 0.1) is 17.6 Å². The minimum atomic E-state index is -1.03. The number of hydrogen-bond acceptors (Lipinski definition) is 4. The molecular weight excluding hydrogens is 426 g/mol. The van der Waals surface area contributed by atoms with E-state index in [0.29, 0.717) is 17.5 Å². The van der Waals surface area contributed by atoms with Crippen molar-refractivity contribution in [3.8, 4) is 0 Å². The van der Waals surface area contributed by atoms with Crippen LogP contribution in [0.2, 0.25) is 5.02 Å². The summed E-state index contributed by atoms with van der Waals surface area (Å²) >= 11 is 5.92. The zero-order valence-electron chi connectivity index (χ0n) is 17.2. The fourth-order valence-corrected chi connectivity index (χ4v) is 3.67. The molecule has 0 aliphatic heterocycles. The zero-order chi connectivity index (χ0) is 22.4. The molecule has 2 aromatic carbocycles. The molecule has 1 saturated carbocycles. The van der Waals surface area contributed by atoms with E-state index in [-0.39, 0.29) is 40.6 Å². The average molecular weight is 447 g/mol. The monoisotopic (exact) mass is 446 g/mol. The van der Waals surface area contributed by atoms with Gasteiger partial charge in [-0.15, -0.1) is 0 Å². The van der Waals surface area contributed by atoms with Crippen LogP contribution < -0.4 is 15.9 Å². The molecule has 31 heavy (non-hydrogen) atoms. The number of benzene rings is 2. The van der Waals surface area contributed by atoms with Crippen molar-refractivity contribution in [2.24, 2.45) is 5.92 Å². The first-order chi connectivity index (χ1) is 14.7. The highest BCUT2D eigenvalue weighted by molar-refractivity contribution is 6.30. The van der Waals surface area contributed by atoms with E-state index in [2.05, 4.69) is 10.4 Å². The molecule has 3 aromatic rings. The Hall–Kier alpha value is -3.00. The third-order valence-corrected chi connectivity index (χ3v) is 5.86. The van der Waals surface area contributed by atoms with Gasteiger partial charge in [0.15, 0.2) is 0 Å². The molecule has 4 rings (SSSR count). The molecule has 1 heterocycles. The first kappa shape index (κ1) is 21.2. The lowest BCUT2D eigenvalue weighted by atomic mass is 10.1. The second-order valence-corrected chi connectivity index (χ2v) is 8.45. The lowest BCUT2D eigenvalue weighted by Crippen LogP contribution is -2.41. The van der Waals surface area contributed by atoms with Crippen LogP contribution in [-0.4, -0.2) is 28.7 Å². The van der Waals surface area contributed by atoms with Crippen molar-refractivity contribution < 1.29 is 13.6 Å². The van der Waals surface area contributed by atoms with Crippen molar-refractivity contribution in [3.05, 3.63) is 69.0 Å². The molecule has 1 N–H and O–H groups in total. The number of rotatable bonds is 5. The molecule has 0 radical (unpaired) electrons. The zero-order valence-corrected chi connectivity index (χ0v) is 18.0. The van der Waals surface area contributed by atoms with E-state index in [0.717, 1.165) is 16.3 Å². The van der Waals surface area contributed by atoms with Crippen molar-refractivity contribution in [1.29, 1.82) is 0 Å². The molecule has 0 unspecified atom stereocenters. The first-order valence-electron chi connectivity index (χ1n) is 9.88. The van der Waals surface area contributed by atoms with Crippen molar-refractivity contribution >= 4 is 34.4 Å². The lowest BCUT2D eigenvalue weighted by Gasteiger charge is -2.26. The average Bonchev–Trinajstić information content (AvgIpc) is 3.50. The normalized spacial score (nSPS) is 17.8. The van der Waals surface area contributed by atoms with Crippen LogP contribution in [0.15, 0.2) is 41.2 Å². The smallest absolute Gasteiger partial charge is 0.284 e. The number of amides is 1. The van der Waals surface area contributed by atoms with Crippen molar-refractivity contribution in [2.75, 3.05) is 17.4 Å². The van der Waals surface area contributed by atoms with Crippen LogP contribution in [0.3, 0.4) is 0 Å². The molecule has 9 heteroatoms. The van der Waals surface area contributed by atoms with Gasteiger partial charge in [-0.1, -0.05) is 23.7 Å². The second-order valence-electron chi connectivity index (χ2n) is 8.02. The van der Waals surface area contributed by atoms with Crippen LogP contribution in [0.25, 0.3) is 10.9 Å². The number of carbonyl (C=O) groups excluding carboxylic acids is 1. The molecule has 6 nitrogen and oxygen atoms in total. The quantitative estimate of drug-likeness (QED) is 0.642. The topological polar surface area (TPSA) is 67.2 Å². The number of aromatic nitrogens is 2. The minimum Gasteiger partial charge on any atom is -0.341 e. The fraction of sp³-hybridized carbons (Fsp3) is 0.318. The number of halogens is 3. The van der Waals surface area contributed by atoms with Crippen LogP contribution in [0.4, 0.5) is 14.7 Å². The highest BCUT2D eigenvalue weighted by atomic mass is 35.5. The van der Waals surface area contributed by atoms with Crippen LogP contribution in [0.5, 0.6) is 0 Å². The summed E-state index contributed by atoms with van der Waals surface area (Å²) in [6.45, 7) is 3.73. The fourth-order valence-electron chi connectivity index (χ4n) is 3.54. The summed E-state index contributed by atoms with van der Waals surface area (Å²) in [6, 6.07) is 8.80. The van der Waals surface area contributed by atoms with Gasteiger partial charge >= 0.3 is 0 Å². The summed E-state index contributed by atoms with van der Waals surface area (Å²) in [5.74, 6) is -2.46. The van der Waals surface area contributed by atoms with E-state index >= 15 is 0 Å². The highest BCUT2D eigenvalue weighted by Gasteiger charge is 2.44. The summed E-state index contributed by atoms with van der Waals surface area (Å²) in [6.07, 6.45) is 0.623. The van der Waals surface area contributed by atoms with Gasteiger partial charge in [0.25, 0.3) is 5.56 Å². The summed E-state index contributed by atoms with van der Waals surface area (Å²) in [7, 11) is 1.68. The van der Waals surface area contributed by atoms with E-state index in [4.69, 9.17) is 11.6 Å².